The van der Waals surface area contributed by atoms with Gasteiger partial charge in [-0.2, -0.15) is 5.10 Å². The SMILES string of the molecule is COCCOCc1c(C)nn(C)c1NN. The smallest absolute Gasteiger partial charge is 0.143 e. The zero-order chi connectivity index (χ0) is 11.3. The summed E-state index contributed by atoms with van der Waals surface area (Å²) in [4.78, 5) is 0. The van der Waals surface area contributed by atoms with Crippen LogP contribution < -0.4 is 11.3 Å². The number of hydrogen-bond acceptors (Lipinski definition) is 5. The monoisotopic (exact) mass is 214 g/mol. The van der Waals surface area contributed by atoms with Gasteiger partial charge in [0, 0.05) is 19.7 Å². The van der Waals surface area contributed by atoms with Crippen LogP contribution in [0.2, 0.25) is 0 Å². The van der Waals surface area contributed by atoms with Gasteiger partial charge in [-0.25, -0.2) is 5.84 Å². The normalized spacial score (nSPS) is 10.7. The van der Waals surface area contributed by atoms with Crippen molar-refractivity contribution < 1.29 is 9.47 Å². The van der Waals surface area contributed by atoms with E-state index >= 15 is 0 Å². The summed E-state index contributed by atoms with van der Waals surface area (Å²) in [7, 11) is 3.48. The number of ether oxygens (including phenoxy) is 2. The van der Waals surface area contributed by atoms with Gasteiger partial charge in [0.25, 0.3) is 0 Å². The van der Waals surface area contributed by atoms with E-state index in [2.05, 4.69) is 10.5 Å². The van der Waals surface area contributed by atoms with Crippen LogP contribution in [-0.2, 0) is 23.1 Å². The summed E-state index contributed by atoms with van der Waals surface area (Å²) in [6, 6.07) is 0. The number of hydrogen-bond donors (Lipinski definition) is 2. The maximum Gasteiger partial charge on any atom is 0.143 e. The van der Waals surface area contributed by atoms with Crippen molar-refractivity contribution in [1.29, 1.82) is 0 Å². The van der Waals surface area contributed by atoms with Crippen LogP contribution in [0.15, 0.2) is 0 Å². The Morgan fingerprint density at radius 3 is 2.80 bits per heavy atom. The van der Waals surface area contributed by atoms with Crippen LogP contribution >= 0.6 is 0 Å². The molecule has 86 valence electrons. The molecule has 0 unspecified atom stereocenters. The van der Waals surface area contributed by atoms with E-state index in [0.717, 1.165) is 17.1 Å². The van der Waals surface area contributed by atoms with Crippen LogP contribution in [0, 0.1) is 6.92 Å². The number of hydrazine groups is 1. The van der Waals surface area contributed by atoms with Gasteiger partial charge in [-0.3, -0.25) is 4.68 Å². The minimum absolute atomic E-state index is 0.489. The molecule has 1 aromatic heterocycles. The number of rotatable bonds is 6. The Labute approximate surface area is 89.3 Å². The van der Waals surface area contributed by atoms with Gasteiger partial charge in [-0.15, -0.1) is 0 Å². The number of anilines is 1. The molecule has 0 saturated carbocycles. The summed E-state index contributed by atoms with van der Waals surface area (Å²) < 4.78 is 12.0. The Hall–Kier alpha value is -1.11. The number of aryl methyl sites for hydroxylation is 2. The van der Waals surface area contributed by atoms with Crippen LogP contribution in [0.3, 0.4) is 0 Å². The second-order valence-corrected chi connectivity index (χ2v) is 3.23. The number of nitrogens with zero attached hydrogens (tertiary/aromatic N) is 2. The van der Waals surface area contributed by atoms with Crippen molar-refractivity contribution in [2.45, 2.75) is 13.5 Å². The van der Waals surface area contributed by atoms with Gasteiger partial charge < -0.3 is 14.9 Å². The molecular formula is C9H18N4O2. The highest BCUT2D eigenvalue weighted by atomic mass is 16.5. The average Bonchev–Trinajstić information content (AvgIpc) is 2.48. The van der Waals surface area contributed by atoms with Crippen molar-refractivity contribution in [2.24, 2.45) is 12.9 Å². The quantitative estimate of drug-likeness (QED) is 0.401. The van der Waals surface area contributed by atoms with Gasteiger partial charge >= 0.3 is 0 Å². The summed E-state index contributed by atoms with van der Waals surface area (Å²) in [5.74, 6) is 6.19. The molecule has 6 nitrogen and oxygen atoms in total. The van der Waals surface area contributed by atoms with Gasteiger partial charge in [-0.1, -0.05) is 0 Å². The molecule has 1 heterocycles. The van der Waals surface area contributed by atoms with E-state index in [9.17, 15) is 0 Å². The first-order valence-electron chi connectivity index (χ1n) is 4.76. The molecule has 0 fully saturated rings. The van der Waals surface area contributed by atoms with E-state index in [1.165, 1.54) is 0 Å². The Balaban J connectivity index is 2.59. The highest BCUT2D eigenvalue weighted by Gasteiger charge is 2.11. The number of nitrogen functional groups attached to an aromatic ring is 1. The lowest BCUT2D eigenvalue weighted by Gasteiger charge is -2.06. The lowest BCUT2D eigenvalue weighted by Crippen LogP contribution is -2.13. The molecule has 0 aliphatic rings. The molecule has 0 aliphatic carbocycles. The molecule has 0 aliphatic heterocycles. The lowest BCUT2D eigenvalue weighted by atomic mass is 10.2. The molecule has 1 aromatic rings. The van der Waals surface area contributed by atoms with E-state index in [1.807, 2.05) is 14.0 Å². The van der Waals surface area contributed by atoms with Crippen molar-refractivity contribution >= 4 is 5.82 Å². The minimum Gasteiger partial charge on any atom is -0.382 e. The zero-order valence-electron chi connectivity index (χ0n) is 9.41. The first-order valence-corrected chi connectivity index (χ1v) is 4.76. The molecule has 0 aromatic carbocycles. The molecule has 0 saturated heterocycles. The van der Waals surface area contributed by atoms with Crippen molar-refractivity contribution in [3.63, 3.8) is 0 Å². The molecule has 6 heteroatoms. The minimum atomic E-state index is 0.489. The summed E-state index contributed by atoms with van der Waals surface area (Å²) in [5.41, 5.74) is 4.52. The number of nitrogens with two attached hydrogens (primary N) is 1. The van der Waals surface area contributed by atoms with Crippen LogP contribution in [0.5, 0.6) is 0 Å². The fourth-order valence-corrected chi connectivity index (χ4v) is 1.37. The van der Waals surface area contributed by atoms with Gasteiger partial charge in [0.1, 0.15) is 5.82 Å². The molecule has 0 atom stereocenters. The maximum atomic E-state index is 5.42. The molecule has 0 bridgehead atoms. The summed E-state index contributed by atoms with van der Waals surface area (Å²) >= 11 is 0. The molecule has 0 amide bonds. The number of aromatic nitrogens is 2. The van der Waals surface area contributed by atoms with Crippen LogP contribution in [0.1, 0.15) is 11.3 Å². The van der Waals surface area contributed by atoms with E-state index in [1.54, 1.807) is 11.8 Å². The summed E-state index contributed by atoms with van der Waals surface area (Å²) in [6.45, 7) is 3.57. The Kier molecular flexibility index (Phi) is 4.54. The molecule has 0 radical (unpaired) electrons. The van der Waals surface area contributed by atoms with Crippen LogP contribution in [0.4, 0.5) is 5.82 Å². The topological polar surface area (TPSA) is 74.3 Å². The van der Waals surface area contributed by atoms with Gasteiger partial charge in [0.15, 0.2) is 0 Å². The van der Waals surface area contributed by atoms with Gasteiger partial charge in [0.2, 0.25) is 0 Å². The molecule has 15 heavy (non-hydrogen) atoms. The Morgan fingerprint density at radius 2 is 2.20 bits per heavy atom. The third-order valence-electron chi connectivity index (χ3n) is 2.16. The molecule has 1 rings (SSSR count). The van der Waals surface area contributed by atoms with E-state index in [0.29, 0.717) is 19.8 Å². The third kappa shape index (κ3) is 2.92. The zero-order valence-corrected chi connectivity index (χ0v) is 9.41. The largest absolute Gasteiger partial charge is 0.382 e. The molecular weight excluding hydrogens is 196 g/mol. The second-order valence-electron chi connectivity index (χ2n) is 3.23. The van der Waals surface area contributed by atoms with Crippen molar-refractivity contribution in [1.82, 2.24) is 9.78 Å². The fraction of sp³-hybridized carbons (Fsp3) is 0.667. The molecule has 3 N–H and O–H groups in total. The number of nitrogens with one attached hydrogen (secondary N) is 1. The van der Waals surface area contributed by atoms with E-state index in [-0.39, 0.29) is 0 Å². The van der Waals surface area contributed by atoms with Crippen LogP contribution in [0.25, 0.3) is 0 Å². The van der Waals surface area contributed by atoms with Crippen molar-refractivity contribution in [3.05, 3.63) is 11.3 Å². The average molecular weight is 214 g/mol. The highest BCUT2D eigenvalue weighted by molar-refractivity contribution is 5.45. The fourth-order valence-electron chi connectivity index (χ4n) is 1.37. The third-order valence-corrected chi connectivity index (χ3v) is 2.16. The predicted molar refractivity (Wildman–Crippen MR) is 57.3 cm³/mol. The van der Waals surface area contributed by atoms with Gasteiger partial charge in [0.05, 0.1) is 25.5 Å². The lowest BCUT2D eigenvalue weighted by molar-refractivity contribution is 0.0616. The highest BCUT2D eigenvalue weighted by Crippen LogP contribution is 2.18. The van der Waals surface area contributed by atoms with Crippen molar-refractivity contribution in [3.8, 4) is 0 Å². The number of methoxy groups -OCH3 is 1. The predicted octanol–water partition coefficient (Wildman–Crippen LogP) is 0.177. The summed E-state index contributed by atoms with van der Waals surface area (Å²) in [6.07, 6.45) is 0. The van der Waals surface area contributed by atoms with Crippen LogP contribution in [-0.4, -0.2) is 30.1 Å². The second kappa shape index (κ2) is 5.69. The van der Waals surface area contributed by atoms with Gasteiger partial charge in [-0.05, 0) is 6.92 Å². The summed E-state index contributed by atoms with van der Waals surface area (Å²) in [5, 5.41) is 4.24. The standard InChI is InChI=1S/C9H18N4O2/c1-7-8(6-15-5-4-14-3)9(11-10)13(2)12-7/h11H,4-6,10H2,1-3H3. The molecule has 0 spiro atoms. The first kappa shape index (κ1) is 12.0. The Bertz CT molecular complexity index is 311. The van der Waals surface area contributed by atoms with E-state index < -0.39 is 0 Å². The van der Waals surface area contributed by atoms with Crippen molar-refractivity contribution in [2.75, 3.05) is 25.7 Å². The first-order chi connectivity index (χ1) is 7.20. The Morgan fingerprint density at radius 1 is 1.47 bits per heavy atom. The van der Waals surface area contributed by atoms with E-state index in [4.69, 9.17) is 15.3 Å². The maximum absolute atomic E-state index is 5.42.